The Bertz CT molecular complexity index is 960. The van der Waals surface area contributed by atoms with Gasteiger partial charge in [0, 0.05) is 5.39 Å². The number of H-pyrrole nitrogens is 1. The number of furan rings is 1. The molecule has 0 bridgehead atoms. The van der Waals surface area contributed by atoms with E-state index in [9.17, 15) is 9.59 Å². The van der Waals surface area contributed by atoms with E-state index < -0.39 is 11.7 Å². The maximum absolute atomic E-state index is 11.8. The number of aromatic nitrogens is 2. The molecule has 0 amide bonds. The van der Waals surface area contributed by atoms with E-state index >= 15 is 0 Å². The van der Waals surface area contributed by atoms with Crippen LogP contribution in [0.25, 0.3) is 10.9 Å². The third-order valence-corrected chi connectivity index (χ3v) is 3.36. The van der Waals surface area contributed by atoms with E-state index in [1.807, 2.05) is 6.07 Å². The molecule has 8 nitrogen and oxygen atoms in total. The van der Waals surface area contributed by atoms with Crippen LogP contribution in [0.5, 0.6) is 0 Å². The maximum Gasteiger partial charge on any atom is 0.347 e. The predicted molar refractivity (Wildman–Crippen MR) is 92.5 cm³/mol. The van der Waals surface area contributed by atoms with Crippen LogP contribution in [0.2, 0.25) is 0 Å². The standard InChI is InChI=1S/C17H16N4O4/c1-2-24-15(22)10-13(14-8-5-9-25-14)20-21-16-11-6-3-4-7-12(11)18-17(23)19-16/h3-9H,2,10H2,1H3,(H2,18,19,21,23). The van der Waals surface area contributed by atoms with Crippen molar-refractivity contribution in [3.63, 3.8) is 0 Å². The van der Waals surface area contributed by atoms with Gasteiger partial charge < -0.3 is 14.1 Å². The zero-order chi connectivity index (χ0) is 17.6. The number of hydrogen-bond donors (Lipinski definition) is 2. The van der Waals surface area contributed by atoms with Crippen molar-refractivity contribution >= 4 is 28.4 Å². The quantitative estimate of drug-likeness (QED) is 0.405. The minimum atomic E-state index is -0.499. The smallest absolute Gasteiger partial charge is 0.347 e. The zero-order valence-corrected chi connectivity index (χ0v) is 13.5. The van der Waals surface area contributed by atoms with Crippen LogP contribution in [0.4, 0.5) is 5.82 Å². The number of benzene rings is 1. The van der Waals surface area contributed by atoms with Gasteiger partial charge in [-0.25, -0.2) is 4.79 Å². The highest BCUT2D eigenvalue weighted by Gasteiger charge is 2.14. The first-order valence-electron chi connectivity index (χ1n) is 7.68. The number of hydrogen-bond acceptors (Lipinski definition) is 7. The number of nitrogens with zero attached hydrogens (tertiary/aromatic N) is 2. The molecule has 2 N–H and O–H groups in total. The van der Waals surface area contributed by atoms with Gasteiger partial charge in [-0.05, 0) is 31.2 Å². The number of para-hydroxylation sites is 1. The lowest BCUT2D eigenvalue weighted by atomic mass is 10.2. The summed E-state index contributed by atoms with van der Waals surface area (Å²) >= 11 is 0. The number of ether oxygens (including phenoxy) is 1. The van der Waals surface area contributed by atoms with Gasteiger partial charge in [0.1, 0.15) is 11.5 Å². The summed E-state index contributed by atoms with van der Waals surface area (Å²) in [7, 11) is 0. The molecule has 0 aliphatic heterocycles. The molecule has 3 rings (SSSR count). The summed E-state index contributed by atoms with van der Waals surface area (Å²) in [5.74, 6) is 0.283. The number of carbonyl (C=O) groups excluding carboxylic acids is 1. The molecule has 8 heteroatoms. The third-order valence-electron chi connectivity index (χ3n) is 3.36. The number of aromatic amines is 1. The first-order valence-corrected chi connectivity index (χ1v) is 7.68. The lowest BCUT2D eigenvalue weighted by molar-refractivity contribution is -0.141. The summed E-state index contributed by atoms with van der Waals surface area (Å²) in [5, 5.41) is 4.90. The van der Waals surface area contributed by atoms with E-state index in [0.717, 1.165) is 0 Å². The molecule has 3 aromatic rings. The van der Waals surface area contributed by atoms with Gasteiger partial charge in [0.15, 0.2) is 5.82 Å². The van der Waals surface area contributed by atoms with E-state index in [1.54, 1.807) is 37.3 Å². The molecule has 0 aliphatic rings. The average Bonchev–Trinajstić information content (AvgIpc) is 3.13. The molecule has 2 heterocycles. The molecule has 0 saturated heterocycles. The monoisotopic (exact) mass is 340 g/mol. The summed E-state index contributed by atoms with van der Waals surface area (Å²) in [5.41, 5.74) is 3.23. The molecule has 0 saturated carbocycles. The Morgan fingerprint density at radius 1 is 1.32 bits per heavy atom. The molecule has 0 aliphatic carbocycles. The van der Waals surface area contributed by atoms with Crippen molar-refractivity contribution in [3.8, 4) is 0 Å². The summed E-state index contributed by atoms with van der Waals surface area (Å²) < 4.78 is 10.3. The van der Waals surface area contributed by atoms with Crippen LogP contribution in [0, 0.1) is 0 Å². The number of hydrazone groups is 1. The van der Waals surface area contributed by atoms with Crippen molar-refractivity contribution < 1.29 is 13.9 Å². The van der Waals surface area contributed by atoms with Crippen molar-refractivity contribution in [2.24, 2.45) is 5.10 Å². The molecule has 0 spiro atoms. The molecular weight excluding hydrogens is 324 g/mol. The van der Waals surface area contributed by atoms with E-state index in [4.69, 9.17) is 9.15 Å². The van der Waals surface area contributed by atoms with Crippen LogP contribution >= 0.6 is 0 Å². The second kappa shape index (κ2) is 7.43. The van der Waals surface area contributed by atoms with Gasteiger partial charge in [-0.2, -0.15) is 10.1 Å². The van der Waals surface area contributed by atoms with Crippen LogP contribution < -0.4 is 11.1 Å². The Balaban J connectivity index is 1.94. The number of anilines is 1. The number of rotatable bonds is 6. The number of esters is 1. The van der Waals surface area contributed by atoms with E-state index in [0.29, 0.717) is 22.4 Å². The largest absolute Gasteiger partial charge is 0.466 e. The number of nitrogens with one attached hydrogen (secondary N) is 2. The maximum atomic E-state index is 11.8. The molecule has 128 valence electrons. The molecule has 0 unspecified atom stereocenters. The first-order chi connectivity index (χ1) is 12.2. The van der Waals surface area contributed by atoms with Gasteiger partial charge in [-0.3, -0.25) is 10.2 Å². The average molecular weight is 340 g/mol. The molecular formula is C17H16N4O4. The summed E-state index contributed by atoms with van der Waals surface area (Å²) in [6.45, 7) is 2.00. The minimum absolute atomic E-state index is 0.0739. The Morgan fingerprint density at radius 2 is 2.16 bits per heavy atom. The van der Waals surface area contributed by atoms with E-state index in [-0.39, 0.29) is 18.8 Å². The molecule has 25 heavy (non-hydrogen) atoms. The van der Waals surface area contributed by atoms with Crippen molar-refractivity contribution in [3.05, 3.63) is 58.9 Å². The lowest BCUT2D eigenvalue weighted by Crippen LogP contribution is -2.15. The highest BCUT2D eigenvalue weighted by Crippen LogP contribution is 2.17. The van der Waals surface area contributed by atoms with Gasteiger partial charge in [-0.1, -0.05) is 12.1 Å². The van der Waals surface area contributed by atoms with Gasteiger partial charge in [0.25, 0.3) is 0 Å². The SMILES string of the molecule is CCOC(=O)CC(=NNc1nc(=O)[nH]c2ccccc12)c1ccco1. The summed E-state index contributed by atoms with van der Waals surface area (Å²) in [4.78, 5) is 30.0. The van der Waals surface area contributed by atoms with Gasteiger partial charge in [0.05, 0.1) is 24.8 Å². The lowest BCUT2D eigenvalue weighted by Gasteiger charge is -2.07. The van der Waals surface area contributed by atoms with Gasteiger partial charge in [0.2, 0.25) is 0 Å². The van der Waals surface area contributed by atoms with Crippen molar-refractivity contribution in [1.29, 1.82) is 0 Å². The molecule has 0 radical (unpaired) electrons. The zero-order valence-electron chi connectivity index (χ0n) is 13.5. The third kappa shape index (κ3) is 3.92. The fourth-order valence-corrected chi connectivity index (χ4v) is 2.28. The molecule has 2 aromatic heterocycles. The van der Waals surface area contributed by atoms with Gasteiger partial charge in [-0.15, -0.1) is 0 Å². The first kappa shape index (κ1) is 16.4. The van der Waals surface area contributed by atoms with Crippen molar-refractivity contribution in [2.45, 2.75) is 13.3 Å². The van der Waals surface area contributed by atoms with Crippen LogP contribution in [0.3, 0.4) is 0 Å². The normalized spacial score (nSPS) is 11.5. The Labute approximate surface area is 142 Å². The van der Waals surface area contributed by atoms with E-state index in [1.165, 1.54) is 6.26 Å². The Hall–Kier alpha value is -3.42. The highest BCUT2D eigenvalue weighted by molar-refractivity contribution is 6.08. The van der Waals surface area contributed by atoms with Crippen LogP contribution in [0.1, 0.15) is 19.1 Å². The Kier molecular flexibility index (Phi) is 4.89. The molecule has 0 atom stereocenters. The van der Waals surface area contributed by atoms with Crippen LogP contribution in [0.15, 0.2) is 57.0 Å². The molecule has 1 aromatic carbocycles. The van der Waals surface area contributed by atoms with Crippen LogP contribution in [-0.2, 0) is 9.53 Å². The second-order valence-corrected chi connectivity index (χ2v) is 5.07. The predicted octanol–water partition coefficient (Wildman–Crippen LogP) is 2.29. The van der Waals surface area contributed by atoms with Gasteiger partial charge >= 0.3 is 11.7 Å². The summed E-state index contributed by atoms with van der Waals surface area (Å²) in [6.07, 6.45) is 1.41. The fraction of sp³-hybridized carbons (Fsp3) is 0.176. The number of carbonyl (C=O) groups is 1. The second-order valence-electron chi connectivity index (χ2n) is 5.07. The topological polar surface area (TPSA) is 110 Å². The van der Waals surface area contributed by atoms with E-state index in [2.05, 4.69) is 20.5 Å². The fourth-order valence-electron chi connectivity index (χ4n) is 2.28. The van der Waals surface area contributed by atoms with Crippen molar-refractivity contribution in [1.82, 2.24) is 9.97 Å². The minimum Gasteiger partial charge on any atom is -0.466 e. The Morgan fingerprint density at radius 3 is 2.92 bits per heavy atom. The molecule has 0 fully saturated rings. The van der Waals surface area contributed by atoms with Crippen molar-refractivity contribution in [2.75, 3.05) is 12.0 Å². The summed E-state index contributed by atoms with van der Waals surface area (Å²) in [6, 6.07) is 10.6. The van der Waals surface area contributed by atoms with Crippen LogP contribution in [-0.4, -0.2) is 28.3 Å². The highest BCUT2D eigenvalue weighted by atomic mass is 16.5. The number of fused-ring (bicyclic) bond motifs is 1.